The van der Waals surface area contributed by atoms with Crippen LogP contribution in [0.4, 0.5) is 13.2 Å². The van der Waals surface area contributed by atoms with Crippen LogP contribution in [0.3, 0.4) is 0 Å². The number of halogens is 3. The van der Waals surface area contributed by atoms with Gasteiger partial charge in [0.15, 0.2) is 11.5 Å². The third-order valence-electron chi connectivity index (χ3n) is 2.65. The molecular formula is C12H12F3NO4. The third-order valence-corrected chi connectivity index (χ3v) is 2.65. The van der Waals surface area contributed by atoms with Crippen LogP contribution in [0.15, 0.2) is 18.2 Å². The molecule has 0 amide bonds. The summed E-state index contributed by atoms with van der Waals surface area (Å²) in [4.78, 5) is 11.3. The zero-order chi connectivity index (χ0) is 14.9. The second-order valence-electron chi connectivity index (χ2n) is 4.02. The van der Waals surface area contributed by atoms with Gasteiger partial charge in [-0.15, -0.1) is 8.78 Å². The van der Waals surface area contributed by atoms with E-state index in [-0.39, 0.29) is 23.7 Å². The minimum absolute atomic E-state index is 0.0173. The van der Waals surface area contributed by atoms with E-state index in [1.165, 1.54) is 25.1 Å². The second-order valence-corrected chi connectivity index (χ2v) is 4.02. The lowest BCUT2D eigenvalue weighted by Crippen LogP contribution is -2.32. The summed E-state index contributed by atoms with van der Waals surface area (Å²) in [6, 6.07) is 2.35. The number of carbonyl (C=O) groups excluding carboxylic acids is 1. The predicted molar refractivity (Wildman–Crippen MR) is 61.1 cm³/mol. The average Bonchev–Trinajstić information content (AvgIpc) is 2.70. The number of benzene rings is 1. The Bertz CT molecular complexity index is 523. The molecule has 0 saturated carbocycles. The number of para-hydroxylation sites is 1. The predicted octanol–water partition coefficient (Wildman–Crippen LogP) is 1.91. The fourth-order valence-electron chi connectivity index (χ4n) is 1.78. The Morgan fingerprint density at radius 1 is 1.45 bits per heavy atom. The number of rotatable bonds is 4. The van der Waals surface area contributed by atoms with E-state index >= 15 is 0 Å². The fourth-order valence-corrected chi connectivity index (χ4v) is 1.78. The van der Waals surface area contributed by atoms with Crippen LogP contribution in [-0.4, -0.2) is 25.0 Å². The standard InChI is InChI=1S/C12H12F3NO4/c1-2-18-11(17)8(13)9(16)6-4-3-5-7-10(6)20-12(14,15)19-7/h3-5,8-9H,2,16H2,1H3/t8?,9-/m1/s1. The van der Waals surface area contributed by atoms with Crippen molar-refractivity contribution in [3.8, 4) is 11.5 Å². The van der Waals surface area contributed by atoms with Gasteiger partial charge in [-0.3, -0.25) is 0 Å². The van der Waals surface area contributed by atoms with Gasteiger partial charge in [-0.2, -0.15) is 0 Å². The lowest BCUT2D eigenvalue weighted by Gasteiger charge is -2.17. The smallest absolute Gasteiger partial charge is 0.464 e. The summed E-state index contributed by atoms with van der Waals surface area (Å²) < 4.78 is 52.8. The maximum absolute atomic E-state index is 13.8. The first-order valence-electron chi connectivity index (χ1n) is 5.80. The van der Waals surface area contributed by atoms with Crippen molar-refractivity contribution in [1.82, 2.24) is 0 Å². The molecule has 2 rings (SSSR count). The summed E-state index contributed by atoms with van der Waals surface area (Å²) in [6.45, 7) is 1.49. The van der Waals surface area contributed by atoms with Crippen LogP contribution in [0, 0.1) is 0 Å². The number of nitrogens with two attached hydrogens (primary N) is 1. The van der Waals surface area contributed by atoms with Crippen LogP contribution in [0.25, 0.3) is 0 Å². The van der Waals surface area contributed by atoms with Crippen molar-refractivity contribution < 1.29 is 32.2 Å². The van der Waals surface area contributed by atoms with Gasteiger partial charge in [0.05, 0.1) is 12.6 Å². The van der Waals surface area contributed by atoms with Crippen molar-refractivity contribution in [2.24, 2.45) is 5.73 Å². The van der Waals surface area contributed by atoms with Gasteiger partial charge in [-0.05, 0) is 13.0 Å². The summed E-state index contributed by atoms with van der Waals surface area (Å²) in [5.74, 6) is -1.81. The quantitative estimate of drug-likeness (QED) is 0.858. The normalized spacial score (nSPS) is 18.4. The van der Waals surface area contributed by atoms with E-state index in [1.54, 1.807) is 0 Å². The molecule has 0 spiro atoms. The number of carbonyl (C=O) groups is 1. The number of fused-ring (bicyclic) bond motifs is 1. The minimum atomic E-state index is -3.84. The van der Waals surface area contributed by atoms with Gasteiger partial charge in [-0.1, -0.05) is 12.1 Å². The van der Waals surface area contributed by atoms with Crippen LogP contribution in [0.5, 0.6) is 11.5 Å². The van der Waals surface area contributed by atoms with Crippen LogP contribution >= 0.6 is 0 Å². The van der Waals surface area contributed by atoms with Crippen molar-refractivity contribution in [3.63, 3.8) is 0 Å². The highest BCUT2D eigenvalue weighted by molar-refractivity contribution is 5.76. The molecule has 1 aliphatic heterocycles. The highest BCUT2D eigenvalue weighted by Crippen LogP contribution is 2.45. The van der Waals surface area contributed by atoms with E-state index in [2.05, 4.69) is 14.2 Å². The lowest BCUT2D eigenvalue weighted by atomic mass is 10.0. The van der Waals surface area contributed by atoms with Gasteiger partial charge >= 0.3 is 12.3 Å². The molecular weight excluding hydrogens is 279 g/mol. The van der Waals surface area contributed by atoms with E-state index in [4.69, 9.17) is 5.73 Å². The SMILES string of the molecule is CCOC(=O)C(F)[C@H](N)c1cccc2c1OC(F)(F)O2. The monoisotopic (exact) mass is 291 g/mol. The molecule has 110 valence electrons. The zero-order valence-electron chi connectivity index (χ0n) is 10.4. The van der Waals surface area contributed by atoms with Crippen LogP contribution in [-0.2, 0) is 9.53 Å². The molecule has 0 aliphatic carbocycles. The number of hydrogen-bond donors (Lipinski definition) is 1. The molecule has 0 aromatic heterocycles. The van der Waals surface area contributed by atoms with Crippen molar-refractivity contribution >= 4 is 5.97 Å². The number of ether oxygens (including phenoxy) is 3. The van der Waals surface area contributed by atoms with Crippen LogP contribution < -0.4 is 15.2 Å². The maximum atomic E-state index is 13.8. The Labute approximate surface area is 112 Å². The van der Waals surface area contributed by atoms with Gasteiger partial charge < -0.3 is 19.9 Å². The molecule has 8 heteroatoms. The van der Waals surface area contributed by atoms with Gasteiger partial charge in [-0.25, -0.2) is 9.18 Å². The molecule has 0 radical (unpaired) electrons. The molecule has 5 nitrogen and oxygen atoms in total. The van der Waals surface area contributed by atoms with Gasteiger partial charge in [0, 0.05) is 5.56 Å². The highest BCUT2D eigenvalue weighted by Gasteiger charge is 2.45. The van der Waals surface area contributed by atoms with E-state index < -0.39 is 24.5 Å². The number of alkyl halides is 3. The first-order valence-corrected chi connectivity index (χ1v) is 5.80. The molecule has 2 N–H and O–H groups in total. The summed E-state index contributed by atoms with van der Waals surface area (Å²) >= 11 is 0. The fraction of sp³-hybridized carbons (Fsp3) is 0.417. The van der Waals surface area contributed by atoms with E-state index in [0.717, 1.165) is 0 Å². The van der Waals surface area contributed by atoms with Crippen molar-refractivity contribution in [2.75, 3.05) is 6.61 Å². The van der Waals surface area contributed by atoms with Crippen molar-refractivity contribution in [3.05, 3.63) is 23.8 Å². The van der Waals surface area contributed by atoms with Crippen molar-refractivity contribution in [2.45, 2.75) is 25.4 Å². The largest absolute Gasteiger partial charge is 0.586 e. The second kappa shape index (κ2) is 5.20. The van der Waals surface area contributed by atoms with Gasteiger partial charge in [0.1, 0.15) is 0 Å². The third kappa shape index (κ3) is 2.64. The molecule has 2 atom stereocenters. The maximum Gasteiger partial charge on any atom is 0.586 e. The molecule has 20 heavy (non-hydrogen) atoms. The molecule has 1 aromatic rings. The molecule has 1 aliphatic rings. The molecule has 1 aromatic carbocycles. The summed E-state index contributed by atoms with van der Waals surface area (Å²) in [5, 5.41) is 0. The Morgan fingerprint density at radius 3 is 2.80 bits per heavy atom. The summed E-state index contributed by atoms with van der Waals surface area (Å²) in [5.41, 5.74) is 5.48. The average molecular weight is 291 g/mol. The van der Waals surface area contributed by atoms with E-state index in [1.807, 2.05) is 0 Å². The van der Waals surface area contributed by atoms with E-state index in [9.17, 15) is 18.0 Å². The van der Waals surface area contributed by atoms with Gasteiger partial charge in [0.2, 0.25) is 6.17 Å². The number of esters is 1. The molecule has 0 saturated heterocycles. The molecule has 0 fully saturated rings. The summed E-state index contributed by atoms with van der Waals surface area (Å²) in [7, 11) is 0. The number of hydrogen-bond acceptors (Lipinski definition) is 5. The Balaban J connectivity index is 2.27. The minimum Gasteiger partial charge on any atom is -0.464 e. The molecule has 1 unspecified atom stereocenters. The van der Waals surface area contributed by atoms with Crippen LogP contribution in [0.1, 0.15) is 18.5 Å². The molecule has 1 heterocycles. The lowest BCUT2D eigenvalue weighted by molar-refractivity contribution is -0.287. The van der Waals surface area contributed by atoms with E-state index in [0.29, 0.717) is 0 Å². The zero-order valence-corrected chi connectivity index (χ0v) is 10.4. The van der Waals surface area contributed by atoms with Gasteiger partial charge in [0.25, 0.3) is 0 Å². The molecule has 0 bridgehead atoms. The Kier molecular flexibility index (Phi) is 3.76. The topological polar surface area (TPSA) is 70.8 Å². The van der Waals surface area contributed by atoms with Crippen LogP contribution in [0.2, 0.25) is 0 Å². The Morgan fingerprint density at radius 2 is 2.15 bits per heavy atom. The first-order chi connectivity index (χ1) is 9.35. The highest BCUT2D eigenvalue weighted by atomic mass is 19.3. The van der Waals surface area contributed by atoms with Crippen molar-refractivity contribution in [1.29, 1.82) is 0 Å². The summed E-state index contributed by atoms with van der Waals surface area (Å²) in [6.07, 6.45) is -6.03. The first kappa shape index (κ1) is 14.4. The Hall–Kier alpha value is -1.96.